The third kappa shape index (κ3) is 2.44. The molecule has 1 saturated heterocycles. The monoisotopic (exact) mass is 278 g/mol. The fourth-order valence-corrected chi connectivity index (χ4v) is 3.90. The third-order valence-electron chi connectivity index (χ3n) is 5.00. The number of hydrogen-bond acceptors (Lipinski definition) is 2. The number of nitrogens with zero attached hydrogens (tertiary/aromatic N) is 1. The van der Waals surface area contributed by atoms with Gasteiger partial charge in [0.15, 0.2) is 0 Å². The molecular weight excluding hydrogens is 256 g/mol. The second kappa shape index (κ2) is 5.53. The van der Waals surface area contributed by atoms with Gasteiger partial charge < -0.3 is 10.2 Å². The summed E-state index contributed by atoms with van der Waals surface area (Å²) in [5.41, 5.74) is 4.39. The van der Waals surface area contributed by atoms with Crippen molar-refractivity contribution < 1.29 is 0 Å². The lowest BCUT2D eigenvalue weighted by Crippen LogP contribution is -2.25. The molecule has 108 valence electrons. The van der Waals surface area contributed by atoms with Gasteiger partial charge in [-0.05, 0) is 36.1 Å². The van der Waals surface area contributed by atoms with Crippen LogP contribution in [0.4, 0.5) is 5.69 Å². The Morgan fingerprint density at radius 3 is 2.67 bits per heavy atom. The van der Waals surface area contributed by atoms with Crippen LogP contribution in [-0.2, 0) is 6.54 Å². The van der Waals surface area contributed by atoms with Gasteiger partial charge in [-0.2, -0.15) is 0 Å². The molecule has 0 bridgehead atoms. The summed E-state index contributed by atoms with van der Waals surface area (Å²) >= 11 is 0. The minimum atomic E-state index is 0.696. The average molecular weight is 278 g/mol. The van der Waals surface area contributed by atoms with Crippen molar-refractivity contribution in [3.63, 3.8) is 0 Å². The van der Waals surface area contributed by atoms with Crippen molar-refractivity contribution in [1.82, 2.24) is 5.32 Å². The van der Waals surface area contributed by atoms with E-state index in [9.17, 15) is 0 Å². The van der Waals surface area contributed by atoms with Gasteiger partial charge in [0.05, 0.1) is 0 Å². The first-order valence-corrected chi connectivity index (χ1v) is 8.00. The topological polar surface area (TPSA) is 15.3 Å². The molecule has 0 amide bonds. The number of fused-ring (bicyclic) bond motifs is 3. The number of anilines is 1. The number of hydrogen-bond donors (Lipinski definition) is 1. The van der Waals surface area contributed by atoms with E-state index in [0.29, 0.717) is 5.92 Å². The highest BCUT2D eigenvalue weighted by Crippen LogP contribution is 2.39. The van der Waals surface area contributed by atoms with Crippen LogP contribution in [0, 0.1) is 5.92 Å². The predicted octanol–water partition coefficient (Wildman–Crippen LogP) is 3.40. The smallest absolute Gasteiger partial charge is 0.0429 e. The molecule has 0 saturated carbocycles. The Labute approximate surface area is 126 Å². The van der Waals surface area contributed by atoms with Crippen molar-refractivity contribution in [2.75, 3.05) is 24.5 Å². The lowest BCUT2D eigenvalue weighted by molar-refractivity contribution is 0.492. The zero-order valence-corrected chi connectivity index (χ0v) is 12.3. The van der Waals surface area contributed by atoms with Crippen LogP contribution in [0.15, 0.2) is 54.6 Å². The molecule has 1 fully saturated rings. The number of rotatable bonds is 2. The zero-order chi connectivity index (χ0) is 14.1. The van der Waals surface area contributed by atoms with Crippen LogP contribution >= 0.6 is 0 Å². The highest BCUT2D eigenvalue weighted by Gasteiger charge is 2.33. The molecule has 0 aromatic heterocycles. The maximum Gasteiger partial charge on any atom is 0.0429 e. The molecule has 2 aliphatic heterocycles. The van der Waals surface area contributed by atoms with Crippen molar-refractivity contribution in [1.29, 1.82) is 0 Å². The normalized spacial score (nSPS) is 24.3. The predicted molar refractivity (Wildman–Crippen MR) is 87.7 cm³/mol. The molecule has 21 heavy (non-hydrogen) atoms. The Bertz CT molecular complexity index is 608. The van der Waals surface area contributed by atoms with Crippen molar-refractivity contribution in [2.24, 2.45) is 5.92 Å². The summed E-state index contributed by atoms with van der Waals surface area (Å²) in [5, 5.41) is 3.58. The standard InChI is InChI=1S/C19H22N2/c1-2-6-15(7-3-1)14-21-11-10-16-12-20-13-18(16)17-8-4-5-9-19(17)21/h1-9,16,18,20H,10-14H2/t16-,18-/m0/s1. The molecule has 0 aliphatic carbocycles. The highest BCUT2D eigenvalue weighted by molar-refractivity contribution is 5.57. The number of para-hydroxylation sites is 1. The lowest BCUT2D eigenvalue weighted by Gasteiger charge is -2.26. The van der Waals surface area contributed by atoms with Crippen molar-refractivity contribution >= 4 is 5.69 Å². The van der Waals surface area contributed by atoms with Gasteiger partial charge >= 0.3 is 0 Å². The summed E-state index contributed by atoms with van der Waals surface area (Å²) in [7, 11) is 0. The van der Waals surface area contributed by atoms with Crippen molar-refractivity contribution in [3.8, 4) is 0 Å². The van der Waals surface area contributed by atoms with Gasteiger partial charge in [0.25, 0.3) is 0 Å². The molecule has 0 spiro atoms. The Balaban J connectivity index is 1.68. The molecule has 4 rings (SSSR count). The molecule has 2 aliphatic rings. The van der Waals surface area contributed by atoms with Crippen LogP contribution in [0.2, 0.25) is 0 Å². The zero-order valence-electron chi connectivity index (χ0n) is 12.3. The van der Waals surface area contributed by atoms with E-state index in [-0.39, 0.29) is 0 Å². The summed E-state index contributed by atoms with van der Waals surface area (Å²) in [6.07, 6.45) is 1.29. The summed E-state index contributed by atoms with van der Waals surface area (Å²) in [5.74, 6) is 1.49. The molecule has 2 aromatic rings. The van der Waals surface area contributed by atoms with E-state index in [1.54, 1.807) is 5.56 Å². The molecule has 1 N–H and O–H groups in total. The lowest BCUT2D eigenvalue weighted by atomic mass is 9.87. The van der Waals surface area contributed by atoms with Gasteiger partial charge in [-0.3, -0.25) is 0 Å². The summed E-state index contributed by atoms with van der Waals surface area (Å²) in [4.78, 5) is 2.57. The minimum absolute atomic E-state index is 0.696. The van der Waals surface area contributed by atoms with Crippen LogP contribution < -0.4 is 10.2 Å². The number of nitrogens with one attached hydrogen (secondary N) is 1. The van der Waals surface area contributed by atoms with Crippen LogP contribution in [-0.4, -0.2) is 19.6 Å². The van der Waals surface area contributed by atoms with Crippen LogP contribution in [0.1, 0.15) is 23.5 Å². The van der Waals surface area contributed by atoms with Gasteiger partial charge in [-0.15, -0.1) is 0 Å². The second-order valence-electron chi connectivity index (χ2n) is 6.28. The Kier molecular flexibility index (Phi) is 3.40. The Morgan fingerprint density at radius 2 is 1.76 bits per heavy atom. The second-order valence-corrected chi connectivity index (χ2v) is 6.28. The Hall–Kier alpha value is -1.80. The maximum atomic E-state index is 3.58. The van der Waals surface area contributed by atoms with Gasteiger partial charge in [-0.25, -0.2) is 0 Å². The van der Waals surface area contributed by atoms with E-state index in [1.165, 1.54) is 24.2 Å². The van der Waals surface area contributed by atoms with E-state index in [1.807, 2.05) is 0 Å². The largest absolute Gasteiger partial charge is 0.367 e. The maximum absolute atomic E-state index is 3.58. The highest BCUT2D eigenvalue weighted by atomic mass is 15.1. The van der Waals surface area contributed by atoms with E-state index in [0.717, 1.165) is 25.6 Å². The molecule has 0 radical (unpaired) electrons. The van der Waals surface area contributed by atoms with Crippen molar-refractivity contribution in [2.45, 2.75) is 18.9 Å². The Morgan fingerprint density at radius 1 is 0.952 bits per heavy atom. The minimum Gasteiger partial charge on any atom is -0.367 e. The summed E-state index contributed by atoms with van der Waals surface area (Å²) in [6.45, 7) is 4.50. The quantitative estimate of drug-likeness (QED) is 0.905. The van der Waals surface area contributed by atoms with Crippen LogP contribution in [0.3, 0.4) is 0 Å². The average Bonchev–Trinajstić information content (AvgIpc) is 2.96. The number of benzene rings is 2. The molecule has 2 aromatic carbocycles. The molecule has 0 unspecified atom stereocenters. The molecule has 2 heterocycles. The van der Waals surface area contributed by atoms with Gasteiger partial charge in [0.2, 0.25) is 0 Å². The first-order valence-electron chi connectivity index (χ1n) is 8.00. The van der Waals surface area contributed by atoms with E-state index >= 15 is 0 Å². The summed E-state index contributed by atoms with van der Waals surface area (Å²) in [6, 6.07) is 19.8. The first kappa shape index (κ1) is 12.9. The van der Waals surface area contributed by atoms with E-state index < -0.39 is 0 Å². The third-order valence-corrected chi connectivity index (χ3v) is 5.00. The molecule has 2 heteroatoms. The fraction of sp³-hybridized carbons (Fsp3) is 0.368. The summed E-state index contributed by atoms with van der Waals surface area (Å²) < 4.78 is 0. The van der Waals surface area contributed by atoms with Gasteiger partial charge in [0, 0.05) is 31.2 Å². The SMILES string of the molecule is c1ccc(CN2CC[C@H]3CNC[C@@H]3c3ccccc32)cc1. The van der Waals surface area contributed by atoms with E-state index in [2.05, 4.69) is 64.8 Å². The van der Waals surface area contributed by atoms with Gasteiger partial charge in [-0.1, -0.05) is 48.5 Å². The van der Waals surface area contributed by atoms with Crippen LogP contribution in [0.25, 0.3) is 0 Å². The van der Waals surface area contributed by atoms with Gasteiger partial charge in [0.1, 0.15) is 0 Å². The van der Waals surface area contributed by atoms with Crippen molar-refractivity contribution in [3.05, 3.63) is 65.7 Å². The first-order chi connectivity index (χ1) is 10.4. The van der Waals surface area contributed by atoms with Crippen LogP contribution in [0.5, 0.6) is 0 Å². The molecule has 2 atom stereocenters. The van der Waals surface area contributed by atoms with E-state index in [4.69, 9.17) is 0 Å². The fourth-order valence-electron chi connectivity index (χ4n) is 3.90. The molecular formula is C19H22N2. The molecule has 2 nitrogen and oxygen atoms in total.